The van der Waals surface area contributed by atoms with Gasteiger partial charge in [0.15, 0.2) is 0 Å². The monoisotopic (exact) mass is 634 g/mol. The third-order valence-electron chi connectivity index (χ3n) is 6.76. The maximum absolute atomic E-state index is 13.2. The molecule has 15 heteroatoms. The Kier molecular flexibility index (Phi) is 8.36. The van der Waals surface area contributed by atoms with E-state index in [1.807, 2.05) is 0 Å². The Morgan fingerprint density at radius 2 is 1.74 bits per heavy atom. The number of halogens is 1. The summed E-state index contributed by atoms with van der Waals surface area (Å²) in [6.45, 7) is 0.813. The summed E-state index contributed by atoms with van der Waals surface area (Å²) in [5.41, 5.74) is 1.61. The first-order chi connectivity index (χ1) is 20.2. The van der Waals surface area contributed by atoms with E-state index in [4.69, 9.17) is 23.7 Å². The minimum Gasteiger partial charge on any atom is -0.457 e. The Bertz CT molecular complexity index is 1820. The highest BCUT2D eigenvalue weighted by Crippen LogP contribution is 2.43. The van der Waals surface area contributed by atoms with Crippen LogP contribution in [0.15, 0.2) is 65.1 Å². The van der Waals surface area contributed by atoms with Crippen molar-refractivity contribution in [3.8, 4) is 22.8 Å². The maximum Gasteiger partial charge on any atom is 0.469 e. The van der Waals surface area contributed by atoms with Crippen LogP contribution in [0, 0.1) is 5.82 Å². The molecule has 2 heterocycles. The van der Waals surface area contributed by atoms with Crippen molar-refractivity contribution in [3.63, 3.8) is 0 Å². The van der Waals surface area contributed by atoms with Gasteiger partial charge < -0.3 is 29.0 Å². The Morgan fingerprint density at radius 3 is 2.33 bits per heavy atom. The van der Waals surface area contributed by atoms with Gasteiger partial charge in [-0.15, -0.1) is 0 Å². The van der Waals surface area contributed by atoms with E-state index in [-0.39, 0.29) is 35.0 Å². The molecule has 12 nitrogen and oxygen atoms in total. The van der Waals surface area contributed by atoms with Gasteiger partial charge in [0, 0.05) is 29.6 Å². The fraction of sp³-hybridized carbons (Fsp3) is 0.250. The molecule has 2 atom stereocenters. The highest BCUT2D eigenvalue weighted by atomic mass is 32.2. The molecule has 0 spiro atoms. The first-order valence-corrected chi connectivity index (χ1v) is 16.3. The third-order valence-corrected chi connectivity index (χ3v) is 8.39. The number of sulfonamides is 1. The van der Waals surface area contributed by atoms with Crippen molar-refractivity contribution in [2.45, 2.75) is 19.1 Å². The van der Waals surface area contributed by atoms with Crippen molar-refractivity contribution >= 4 is 40.4 Å². The van der Waals surface area contributed by atoms with Crippen LogP contribution in [0.1, 0.15) is 28.9 Å². The van der Waals surface area contributed by atoms with Crippen LogP contribution in [0.5, 0.6) is 11.5 Å². The van der Waals surface area contributed by atoms with Gasteiger partial charge in [-0.25, -0.2) is 17.4 Å². The fourth-order valence-corrected chi connectivity index (χ4v) is 6.14. The predicted molar refractivity (Wildman–Crippen MR) is 155 cm³/mol. The highest BCUT2D eigenvalue weighted by Gasteiger charge is 2.35. The average molecular weight is 635 g/mol. The summed E-state index contributed by atoms with van der Waals surface area (Å²) in [5, 5.41) is 3.01. The molecule has 2 unspecified atom stereocenters. The standard InChI is InChI=1S/C28H28FN2O10PS/c1-16-22-12-23-25(13-24(22)31(43(3,36)37)14-21(39-16)15-38-42(33,34)35)41-27(26(23)28(32)30-2)17-4-8-19(9-5-17)40-20-10-6-18(29)7-11-20/h4-13,16,21H,14-15H2,1-3H3,(H,30,32)(H2,33,34,35). The van der Waals surface area contributed by atoms with Gasteiger partial charge in [-0.05, 0) is 61.5 Å². The van der Waals surface area contributed by atoms with Crippen LogP contribution in [0.3, 0.4) is 0 Å². The van der Waals surface area contributed by atoms with E-state index in [2.05, 4.69) is 9.84 Å². The van der Waals surface area contributed by atoms with Crippen molar-refractivity contribution in [1.29, 1.82) is 0 Å². The second-order valence-electron chi connectivity index (χ2n) is 9.85. The first kappa shape index (κ1) is 30.7. The number of carbonyl (C=O) groups excluding carboxylic acids is 1. The smallest absolute Gasteiger partial charge is 0.457 e. The zero-order chi connectivity index (χ0) is 31.1. The Balaban J connectivity index is 1.57. The number of rotatable bonds is 8. The summed E-state index contributed by atoms with van der Waals surface area (Å²) in [7, 11) is -7.27. The average Bonchev–Trinajstić information content (AvgIpc) is 3.25. The topological polar surface area (TPSA) is 165 Å². The molecular weight excluding hydrogens is 606 g/mol. The number of hydrogen-bond acceptors (Lipinski definition) is 8. The number of amides is 1. The number of nitrogens with zero attached hydrogens (tertiary/aromatic N) is 1. The molecular formula is C28H28FN2O10PS. The molecule has 5 rings (SSSR count). The lowest BCUT2D eigenvalue weighted by Gasteiger charge is -2.24. The molecule has 1 amide bonds. The van der Waals surface area contributed by atoms with Gasteiger partial charge >= 0.3 is 7.82 Å². The van der Waals surface area contributed by atoms with Crippen LogP contribution in [-0.4, -0.2) is 56.7 Å². The van der Waals surface area contributed by atoms with Gasteiger partial charge in [-0.3, -0.25) is 13.6 Å². The van der Waals surface area contributed by atoms with Crippen LogP contribution in [0.25, 0.3) is 22.3 Å². The molecule has 228 valence electrons. The molecule has 3 aromatic carbocycles. The molecule has 0 bridgehead atoms. The number of furan rings is 1. The van der Waals surface area contributed by atoms with E-state index in [1.165, 1.54) is 37.4 Å². The molecule has 1 aliphatic rings. The molecule has 43 heavy (non-hydrogen) atoms. The van der Waals surface area contributed by atoms with Crippen LogP contribution in [-0.2, 0) is 23.8 Å². The number of carbonyl (C=O) groups is 1. The summed E-state index contributed by atoms with van der Waals surface area (Å²) in [5.74, 6) is 0.297. The van der Waals surface area contributed by atoms with E-state index < -0.39 is 42.6 Å². The van der Waals surface area contributed by atoms with Crippen LogP contribution >= 0.6 is 7.82 Å². The van der Waals surface area contributed by atoms with Crippen LogP contribution < -0.4 is 14.4 Å². The van der Waals surface area contributed by atoms with Gasteiger partial charge in [-0.1, -0.05) is 0 Å². The van der Waals surface area contributed by atoms with E-state index in [0.29, 0.717) is 28.0 Å². The molecule has 4 aromatic rings. The quantitative estimate of drug-likeness (QED) is 0.231. The molecule has 0 saturated carbocycles. The minimum atomic E-state index is -4.83. The Morgan fingerprint density at radius 1 is 1.12 bits per heavy atom. The molecule has 3 N–H and O–H groups in total. The van der Waals surface area contributed by atoms with Crippen molar-refractivity contribution in [2.24, 2.45) is 0 Å². The molecule has 0 radical (unpaired) electrons. The maximum atomic E-state index is 13.2. The van der Waals surface area contributed by atoms with E-state index in [0.717, 1.165) is 10.6 Å². The van der Waals surface area contributed by atoms with Crippen molar-refractivity contribution in [2.75, 3.05) is 30.8 Å². The summed E-state index contributed by atoms with van der Waals surface area (Å²) in [6.07, 6.45) is -0.771. The molecule has 1 aromatic heterocycles. The van der Waals surface area contributed by atoms with E-state index in [9.17, 15) is 22.2 Å². The van der Waals surface area contributed by atoms with Crippen molar-refractivity contribution < 1.29 is 50.4 Å². The van der Waals surface area contributed by atoms with E-state index in [1.54, 1.807) is 37.3 Å². The van der Waals surface area contributed by atoms with Gasteiger partial charge in [0.1, 0.15) is 34.8 Å². The molecule has 1 aliphatic heterocycles. The minimum absolute atomic E-state index is 0.205. The SMILES string of the molecule is CNC(=O)c1c(-c2ccc(Oc3ccc(F)cc3)cc2)oc2cc3c(cc12)C(C)OC(COP(=O)(O)O)CN3S(C)(=O)=O. The number of fused-ring (bicyclic) bond motifs is 2. The number of ether oxygens (including phenoxy) is 2. The summed E-state index contributed by atoms with van der Waals surface area (Å²) in [4.78, 5) is 31.4. The summed E-state index contributed by atoms with van der Waals surface area (Å²) < 4.78 is 73.8. The number of benzene rings is 3. The highest BCUT2D eigenvalue weighted by molar-refractivity contribution is 7.92. The third kappa shape index (κ3) is 6.74. The number of nitrogens with one attached hydrogen (secondary N) is 1. The molecule has 0 aliphatic carbocycles. The normalized spacial score (nSPS) is 17.4. The van der Waals surface area contributed by atoms with Crippen molar-refractivity contribution in [1.82, 2.24) is 5.32 Å². The Hall–Kier alpha value is -3.78. The van der Waals surface area contributed by atoms with Gasteiger partial charge in [0.2, 0.25) is 10.0 Å². The van der Waals surface area contributed by atoms with Crippen molar-refractivity contribution in [3.05, 3.63) is 77.6 Å². The second kappa shape index (κ2) is 11.7. The van der Waals surface area contributed by atoms with Crippen LogP contribution in [0.2, 0.25) is 0 Å². The zero-order valence-corrected chi connectivity index (χ0v) is 24.9. The Labute approximate surface area is 246 Å². The number of anilines is 1. The molecule has 0 saturated heterocycles. The fourth-order valence-electron chi connectivity index (χ4n) is 4.83. The summed E-state index contributed by atoms with van der Waals surface area (Å²) in [6, 6.07) is 15.4. The lowest BCUT2D eigenvalue weighted by atomic mass is 10.0. The second-order valence-corrected chi connectivity index (χ2v) is 13.0. The number of phosphoric acid groups is 1. The van der Waals surface area contributed by atoms with Gasteiger partial charge in [0.05, 0.1) is 36.8 Å². The van der Waals surface area contributed by atoms with Gasteiger partial charge in [-0.2, -0.15) is 0 Å². The number of phosphoric ester groups is 1. The summed E-state index contributed by atoms with van der Waals surface area (Å²) >= 11 is 0. The molecule has 0 fully saturated rings. The number of hydrogen-bond donors (Lipinski definition) is 3. The van der Waals surface area contributed by atoms with Gasteiger partial charge in [0.25, 0.3) is 5.91 Å². The lowest BCUT2D eigenvalue weighted by Crippen LogP contribution is -2.38. The van der Waals surface area contributed by atoms with E-state index >= 15 is 0 Å². The predicted octanol–water partition coefficient (Wildman–Crippen LogP) is 4.73. The van der Waals surface area contributed by atoms with Crippen LogP contribution in [0.4, 0.5) is 10.1 Å². The first-order valence-electron chi connectivity index (χ1n) is 12.9. The largest absolute Gasteiger partial charge is 0.469 e. The zero-order valence-electron chi connectivity index (χ0n) is 23.2. The lowest BCUT2D eigenvalue weighted by molar-refractivity contribution is -0.0224.